The highest BCUT2D eigenvalue weighted by atomic mass is 16.4. The molecule has 0 heterocycles. The highest BCUT2D eigenvalue weighted by molar-refractivity contribution is 6.30. The smallest absolute Gasteiger partial charge is 0.339 e. The Balaban J connectivity index is 1.24. The number of benzene rings is 2. The summed E-state index contributed by atoms with van der Waals surface area (Å²) in [6.07, 6.45) is 9.40. The minimum absolute atomic E-state index is 0.243. The number of nitrogens with one attached hydrogen (secondary N) is 4. The molecule has 2 aliphatic carbocycles. The lowest BCUT2D eigenvalue weighted by molar-refractivity contribution is -0.135. The van der Waals surface area contributed by atoms with Crippen LogP contribution in [0.1, 0.15) is 0 Å². The van der Waals surface area contributed by atoms with Gasteiger partial charge in [-0.05, 0) is 85.0 Å². The molecular weight excluding hydrogens is 572 g/mol. The Morgan fingerprint density at radius 3 is 1.23 bits per heavy atom. The van der Waals surface area contributed by atoms with E-state index in [-0.39, 0.29) is 11.4 Å². The first kappa shape index (κ1) is 30.3. The first-order valence-corrected chi connectivity index (χ1v) is 12.6. The van der Waals surface area contributed by atoms with Gasteiger partial charge in [0.05, 0.1) is 22.8 Å². The van der Waals surface area contributed by atoms with Gasteiger partial charge in [0.1, 0.15) is 11.1 Å². The van der Waals surface area contributed by atoms with Crippen LogP contribution in [0.3, 0.4) is 0 Å². The van der Waals surface area contributed by atoms with Gasteiger partial charge in [-0.15, -0.1) is 0 Å². The predicted molar refractivity (Wildman–Crippen MR) is 161 cm³/mol. The summed E-state index contributed by atoms with van der Waals surface area (Å²) in [5.41, 5.74) is 7.09. The number of anilines is 4. The van der Waals surface area contributed by atoms with E-state index in [1.54, 1.807) is 48.5 Å². The van der Waals surface area contributed by atoms with E-state index in [2.05, 4.69) is 31.7 Å². The molecule has 44 heavy (non-hydrogen) atoms. The van der Waals surface area contributed by atoms with Crippen molar-refractivity contribution in [2.45, 2.75) is 0 Å². The van der Waals surface area contributed by atoms with Gasteiger partial charge in [0.2, 0.25) is 11.8 Å². The monoisotopic (exact) mass is 594 g/mol. The predicted octanol–water partition coefficient (Wildman–Crippen LogP) is 2.66. The molecule has 0 bridgehead atoms. The van der Waals surface area contributed by atoms with Gasteiger partial charge in [-0.1, -0.05) is 0 Å². The standard InChI is InChI=1S/C30H22N6O8/c37-25-11-9-21(15-23(25)29(41)42)35-33-19-5-1-17(2-6-19)31-27(39)13-14-28(40)32-18-3-7-20(8-4-18)34-36-22-10-12-26(38)24(16-22)30(43)44/h1-16,33-34H,(H,31,39)(H,32,40)(H,41,42)(H,43,44)/b14-13+,35-21+,36-22+. The van der Waals surface area contributed by atoms with Crippen molar-refractivity contribution in [1.82, 2.24) is 0 Å². The van der Waals surface area contributed by atoms with Crippen LogP contribution in [0, 0.1) is 0 Å². The van der Waals surface area contributed by atoms with Crippen molar-refractivity contribution in [3.05, 3.63) is 108 Å². The van der Waals surface area contributed by atoms with E-state index in [0.717, 1.165) is 36.5 Å². The van der Waals surface area contributed by atoms with E-state index < -0.39 is 46.5 Å². The van der Waals surface area contributed by atoms with Crippen molar-refractivity contribution in [3.63, 3.8) is 0 Å². The molecule has 2 aliphatic rings. The van der Waals surface area contributed by atoms with Gasteiger partial charge < -0.3 is 20.8 Å². The maximum atomic E-state index is 12.2. The van der Waals surface area contributed by atoms with Crippen molar-refractivity contribution in [3.8, 4) is 0 Å². The maximum Gasteiger partial charge on any atom is 0.339 e. The highest BCUT2D eigenvalue weighted by Crippen LogP contribution is 2.16. The van der Waals surface area contributed by atoms with E-state index in [0.29, 0.717) is 22.7 Å². The summed E-state index contributed by atoms with van der Waals surface area (Å²) < 4.78 is 0. The van der Waals surface area contributed by atoms with E-state index in [1.807, 2.05) is 0 Å². The third-order valence-electron chi connectivity index (χ3n) is 5.71. The van der Waals surface area contributed by atoms with Gasteiger partial charge in [-0.3, -0.25) is 30.0 Å². The van der Waals surface area contributed by atoms with Crippen molar-refractivity contribution in [1.29, 1.82) is 0 Å². The fourth-order valence-corrected chi connectivity index (χ4v) is 3.54. The number of ketones is 2. The lowest BCUT2D eigenvalue weighted by atomic mass is 10.0. The summed E-state index contributed by atoms with van der Waals surface area (Å²) in [7, 11) is 0. The Morgan fingerprint density at radius 2 is 0.886 bits per heavy atom. The quantitative estimate of drug-likeness (QED) is 0.102. The van der Waals surface area contributed by atoms with Gasteiger partial charge in [0, 0.05) is 23.5 Å². The largest absolute Gasteiger partial charge is 0.478 e. The molecule has 4 rings (SSSR count). The molecule has 2 aromatic carbocycles. The first-order chi connectivity index (χ1) is 21.1. The summed E-state index contributed by atoms with van der Waals surface area (Å²) in [5.74, 6) is -5.04. The number of aliphatic carboxylic acids is 2. The van der Waals surface area contributed by atoms with Crippen molar-refractivity contribution in [2.24, 2.45) is 10.2 Å². The first-order valence-electron chi connectivity index (χ1n) is 12.6. The van der Waals surface area contributed by atoms with Crippen LogP contribution in [-0.4, -0.2) is 57.0 Å². The Hall–Kier alpha value is -6.70. The average molecular weight is 595 g/mol. The minimum atomic E-state index is -1.35. The second kappa shape index (κ2) is 13.8. The molecule has 0 radical (unpaired) electrons. The molecule has 14 heteroatoms. The van der Waals surface area contributed by atoms with Gasteiger partial charge in [-0.25, -0.2) is 9.59 Å². The fourth-order valence-electron chi connectivity index (χ4n) is 3.54. The van der Waals surface area contributed by atoms with E-state index >= 15 is 0 Å². The van der Waals surface area contributed by atoms with Gasteiger partial charge >= 0.3 is 11.9 Å². The minimum Gasteiger partial charge on any atom is -0.478 e. The zero-order valence-electron chi connectivity index (χ0n) is 22.5. The Bertz CT molecular complexity index is 1630. The number of carboxylic acids is 2. The second-order valence-corrected chi connectivity index (χ2v) is 8.88. The molecule has 0 atom stereocenters. The molecular formula is C30H22N6O8. The molecule has 0 spiro atoms. The number of hydrogen-bond donors (Lipinski definition) is 6. The van der Waals surface area contributed by atoms with Crippen LogP contribution in [0.15, 0.2) is 118 Å². The Labute approximate surface area is 248 Å². The lowest BCUT2D eigenvalue weighted by Gasteiger charge is -2.07. The molecule has 14 nitrogen and oxygen atoms in total. The van der Waals surface area contributed by atoms with E-state index in [4.69, 9.17) is 10.2 Å². The average Bonchev–Trinajstić information content (AvgIpc) is 3.00. The Kier molecular flexibility index (Phi) is 9.48. The van der Waals surface area contributed by atoms with Crippen LogP contribution < -0.4 is 21.5 Å². The van der Waals surface area contributed by atoms with Crippen LogP contribution in [0.5, 0.6) is 0 Å². The Morgan fingerprint density at radius 1 is 0.545 bits per heavy atom. The van der Waals surface area contributed by atoms with Gasteiger partial charge in [0.15, 0.2) is 11.6 Å². The second-order valence-electron chi connectivity index (χ2n) is 8.88. The number of rotatable bonds is 10. The molecule has 220 valence electrons. The number of nitrogens with zero attached hydrogens (tertiary/aromatic N) is 2. The molecule has 6 N–H and O–H groups in total. The van der Waals surface area contributed by atoms with Crippen LogP contribution in [0.2, 0.25) is 0 Å². The fraction of sp³-hybridized carbons (Fsp3) is 0. The summed E-state index contributed by atoms with van der Waals surface area (Å²) in [4.78, 5) is 69.7. The van der Waals surface area contributed by atoms with Gasteiger partial charge in [0.25, 0.3) is 0 Å². The summed E-state index contributed by atoms with van der Waals surface area (Å²) in [6, 6.07) is 12.8. The number of amides is 2. The molecule has 2 aromatic rings. The number of hydrogen-bond acceptors (Lipinski definition) is 10. The van der Waals surface area contributed by atoms with Crippen molar-refractivity contribution >= 4 is 69.5 Å². The summed E-state index contributed by atoms with van der Waals surface area (Å²) in [6.45, 7) is 0. The zero-order chi connectivity index (χ0) is 31.6. The van der Waals surface area contributed by atoms with Crippen LogP contribution in [0.25, 0.3) is 0 Å². The summed E-state index contributed by atoms with van der Waals surface area (Å²) >= 11 is 0. The molecule has 0 saturated heterocycles. The molecule has 0 unspecified atom stereocenters. The number of carbonyl (C=O) groups is 6. The van der Waals surface area contributed by atoms with E-state index in [1.165, 1.54) is 12.2 Å². The number of hydrazone groups is 2. The number of carbonyl (C=O) groups excluding carboxylic acids is 4. The topological polar surface area (TPSA) is 216 Å². The normalized spacial score (nSPS) is 16.0. The van der Waals surface area contributed by atoms with Crippen LogP contribution >= 0.6 is 0 Å². The van der Waals surface area contributed by atoms with Crippen molar-refractivity contribution in [2.75, 3.05) is 21.5 Å². The van der Waals surface area contributed by atoms with Crippen LogP contribution in [-0.2, 0) is 28.8 Å². The third-order valence-corrected chi connectivity index (χ3v) is 5.71. The highest BCUT2D eigenvalue weighted by Gasteiger charge is 2.19. The molecule has 0 saturated carbocycles. The van der Waals surface area contributed by atoms with Crippen LogP contribution in [0.4, 0.5) is 22.7 Å². The molecule has 0 aromatic heterocycles. The lowest BCUT2D eigenvalue weighted by Crippen LogP contribution is -2.16. The maximum absolute atomic E-state index is 12.2. The SMILES string of the molecule is O=C(/C=C/C(=O)Nc1ccc(N/N=C2\C=CC(=O)C(C(=O)O)=C2)cc1)Nc1ccc(N/N=C2\C=CC(=O)C(C(=O)O)=C2)cc1. The zero-order valence-corrected chi connectivity index (χ0v) is 22.5. The van der Waals surface area contributed by atoms with Gasteiger partial charge in [-0.2, -0.15) is 10.2 Å². The molecule has 2 amide bonds. The van der Waals surface area contributed by atoms with E-state index in [9.17, 15) is 28.8 Å². The third kappa shape index (κ3) is 8.40. The van der Waals surface area contributed by atoms with Crippen molar-refractivity contribution < 1.29 is 39.0 Å². The number of carboxylic acid groups (broad SMARTS) is 2. The molecule has 0 fully saturated rings. The number of allylic oxidation sites excluding steroid dienone is 6. The summed E-state index contributed by atoms with van der Waals surface area (Å²) in [5, 5.41) is 31.4. The molecule has 0 aliphatic heterocycles.